The van der Waals surface area contributed by atoms with E-state index in [9.17, 15) is 0 Å². The molecule has 1 atom stereocenters. The van der Waals surface area contributed by atoms with Crippen molar-refractivity contribution in [1.82, 2.24) is 9.88 Å². The zero-order valence-electron chi connectivity index (χ0n) is 10.2. The highest BCUT2D eigenvalue weighted by molar-refractivity contribution is 5.63. The molecule has 2 aliphatic rings. The Morgan fingerprint density at radius 1 is 1.24 bits per heavy atom. The fourth-order valence-electron chi connectivity index (χ4n) is 3.10. The predicted octanol–water partition coefficient (Wildman–Crippen LogP) is 1.34. The first-order valence-electron chi connectivity index (χ1n) is 6.54. The maximum Gasteiger partial charge on any atom is 0.146 e. The third-order valence-corrected chi connectivity index (χ3v) is 3.96. The van der Waals surface area contributed by atoms with Gasteiger partial charge in [0.15, 0.2) is 0 Å². The predicted molar refractivity (Wildman–Crippen MR) is 70.1 cm³/mol. The van der Waals surface area contributed by atoms with Crippen LogP contribution in [0.3, 0.4) is 0 Å². The summed E-state index contributed by atoms with van der Waals surface area (Å²) in [6.45, 7) is 4.72. The lowest BCUT2D eigenvalue weighted by Gasteiger charge is -2.27. The van der Waals surface area contributed by atoms with E-state index in [0.29, 0.717) is 5.82 Å². The first kappa shape index (κ1) is 10.8. The van der Waals surface area contributed by atoms with Crippen LogP contribution in [0.25, 0.3) is 0 Å². The number of nitrogens with two attached hydrogens (primary N) is 1. The molecule has 0 saturated carbocycles. The topological polar surface area (TPSA) is 45.4 Å². The Kier molecular flexibility index (Phi) is 2.89. The van der Waals surface area contributed by atoms with Crippen molar-refractivity contribution in [2.24, 2.45) is 0 Å². The van der Waals surface area contributed by atoms with Gasteiger partial charge in [0.2, 0.25) is 0 Å². The van der Waals surface area contributed by atoms with Gasteiger partial charge >= 0.3 is 0 Å². The molecule has 4 nitrogen and oxygen atoms in total. The van der Waals surface area contributed by atoms with Gasteiger partial charge in [-0.2, -0.15) is 0 Å². The fraction of sp³-hybridized carbons (Fsp3) is 0.615. The Labute approximate surface area is 102 Å². The molecule has 2 aliphatic heterocycles. The molecule has 3 rings (SSSR count). The van der Waals surface area contributed by atoms with Crippen LogP contribution in [0.4, 0.5) is 11.5 Å². The normalized spacial score (nSPS) is 25.6. The molecule has 2 saturated heterocycles. The molecule has 17 heavy (non-hydrogen) atoms. The second-order valence-electron chi connectivity index (χ2n) is 5.04. The first-order valence-corrected chi connectivity index (χ1v) is 6.54. The Morgan fingerprint density at radius 2 is 2.12 bits per heavy atom. The van der Waals surface area contributed by atoms with Crippen molar-refractivity contribution in [3.8, 4) is 0 Å². The molecule has 0 spiro atoms. The number of hydrogen-bond donors (Lipinski definition) is 1. The van der Waals surface area contributed by atoms with Crippen LogP contribution in [0.5, 0.6) is 0 Å². The standard InChI is InChI=1S/C13H20N4/c14-13-12(5-1-6-15-13)17-9-3-8-16-7-2-4-11(16)10-17/h1,5-6,11H,2-4,7-10H2,(H2,14,15). The molecule has 2 fully saturated rings. The van der Waals surface area contributed by atoms with Gasteiger partial charge in [0.25, 0.3) is 0 Å². The Hall–Kier alpha value is -1.29. The summed E-state index contributed by atoms with van der Waals surface area (Å²) in [4.78, 5) is 9.24. The highest BCUT2D eigenvalue weighted by Crippen LogP contribution is 2.27. The summed E-state index contributed by atoms with van der Waals surface area (Å²) >= 11 is 0. The number of hydrogen-bond acceptors (Lipinski definition) is 4. The van der Waals surface area contributed by atoms with Crippen LogP contribution in [0.15, 0.2) is 18.3 Å². The van der Waals surface area contributed by atoms with Gasteiger partial charge in [-0.15, -0.1) is 0 Å². The van der Waals surface area contributed by atoms with Gasteiger partial charge in [-0.3, -0.25) is 4.90 Å². The second-order valence-corrected chi connectivity index (χ2v) is 5.04. The number of rotatable bonds is 1. The lowest BCUT2D eigenvalue weighted by Crippen LogP contribution is -2.36. The Balaban J connectivity index is 1.81. The van der Waals surface area contributed by atoms with Crippen LogP contribution in [0.1, 0.15) is 19.3 Å². The van der Waals surface area contributed by atoms with Crippen LogP contribution >= 0.6 is 0 Å². The minimum atomic E-state index is 0.666. The molecule has 0 amide bonds. The number of nitrogen functional groups attached to an aromatic ring is 1. The monoisotopic (exact) mass is 232 g/mol. The van der Waals surface area contributed by atoms with Crippen molar-refractivity contribution >= 4 is 11.5 Å². The highest BCUT2D eigenvalue weighted by atomic mass is 15.3. The van der Waals surface area contributed by atoms with E-state index >= 15 is 0 Å². The van der Waals surface area contributed by atoms with Gasteiger partial charge < -0.3 is 10.6 Å². The van der Waals surface area contributed by atoms with Crippen molar-refractivity contribution in [2.75, 3.05) is 36.8 Å². The molecule has 2 N–H and O–H groups in total. The number of pyridine rings is 1. The molecule has 0 bridgehead atoms. The number of anilines is 2. The molecule has 0 aromatic carbocycles. The van der Waals surface area contributed by atoms with E-state index in [2.05, 4.69) is 20.9 Å². The summed E-state index contributed by atoms with van der Waals surface area (Å²) in [6.07, 6.45) is 5.67. The maximum atomic E-state index is 5.97. The van der Waals surface area contributed by atoms with Crippen molar-refractivity contribution in [3.63, 3.8) is 0 Å². The molecule has 4 heteroatoms. The molecule has 1 aromatic heterocycles. The minimum absolute atomic E-state index is 0.666. The van der Waals surface area contributed by atoms with Crippen LogP contribution in [0, 0.1) is 0 Å². The highest BCUT2D eigenvalue weighted by Gasteiger charge is 2.29. The summed E-state index contributed by atoms with van der Waals surface area (Å²) in [6, 6.07) is 4.78. The smallest absolute Gasteiger partial charge is 0.146 e. The van der Waals surface area contributed by atoms with Gasteiger partial charge in [0.05, 0.1) is 5.69 Å². The minimum Gasteiger partial charge on any atom is -0.382 e. The van der Waals surface area contributed by atoms with Crippen molar-refractivity contribution in [2.45, 2.75) is 25.3 Å². The maximum absolute atomic E-state index is 5.97. The molecule has 0 aliphatic carbocycles. The third kappa shape index (κ3) is 2.09. The van der Waals surface area contributed by atoms with Crippen molar-refractivity contribution in [3.05, 3.63) is 18.3 Å². The third-order valence-electron chi connectivity index (χ3n) is 3.96. The van der Waals surface area contributed by atoms with Gasteiger partial charge in [0.1, 0.15) is 5.82 Å². The van der Waals surface area contributed by atoms with E-state index in [1.165, 1.54) is 32.4 Å². The average Bonchev–Trinajstić information content (AvgIpc) is 2.68. The van der Waals surface area contributed by atoms with E-state index < -0.39 is 0 Å². The number of fused-ring (bicyclic) bond motifs is 1. The SMILES string of the molecule is Nc1ncccc1N1CCCN2CCCC2C1. The zero-order chi connectivity index (χ0) is 11.7. The number of aromatic nitrogens is 1. The summed E-state index contributed by atoms with van der Waals surface area (Å²) in [5, 5.41) is 0. The first-order chi connectivity index (χ1) is 8.34. The molecule has 1 aromatic rings. The van der Waals surface area contributed by atoms with Gasteiger partial charge in [0, 0.05) is 31.9 Å². The number of nitrogens with zero attached hydrogens (tertiary/aromatic N) is 3. The molecule has 1 unspecified atom stereocenters. The quantitative estimate of drug-likeness (QED) is 0.793. The Bertz CT molecular complexity index is 393. The second kappa shape index (κ2) is 4.53. The molecule has 3 heterocycles. The van der Waals surface area contributed by atoms with Crippen LogP contribution < -0.4 is 10.6 Å². The summed E-state index contributed by atoms with van der Waals surface area (Å²) < 4.78 is 0. The van der Waals surface area contributed by atoms with E-state index in [-0.39, 0.29) is 0 Å². The summed E-state index contributed by atoms with van der Waals surface area (Å²) in [5.41, 5.74) is 7.09. The largest absolute Gasteiger partial charge is 0.382 e. The Morgan fingerprint density at radius 3 is 3.00 bits per heavy atom. The molecule has 0 radical (unpaired) electrons. The summed E-state index contributed by atoms with van der Waals surface area (Å²) in [5.74, 6) is 0.666. The lowest BCUT2D eigenvalue weighted by atomic mass is 10.2. The molecular weight excluding hydrogens is 212 g/mol. The van der Waals surface area contributed by atoms with Crippen LogP contribution in [0.2, 0.25) is 0 Å². The molecule has 92 valence electrons. The van der Waals surface area contributed by atoms with Gasteiger partial charge in [-0.05, 0) is 37.9 Å². The zero-order valence-corrected chi connectivity index (χ0v) is 10.2. The van der Waals surface area contributed by atoms with Crippen molar-refractivity contribution in [1.29, 1.82) is 0 Å². The molecular formula is C13H20N4. The van der Waals surface area contributed by atoms with Gasteiger partial charge in [-0.1, -0.05) is 0 Å². The van der Waals surface area contributed by atoms with Crippen LogP contribution in [-0.2, 0) is 0 Å². The summed E-state index contributed by atoms with van der Waals surface area (Å²) in [7, 11) is 0. The lowest BCUT2D eigenvalue weighted by molar-refractivity contribution is 0.273. The van der Waals surface area contributed by atoms with E-state index in [4.69, 9.17) is 5.73 Å². The van der Waals surface area contributed by atoms with E-state index in [0.717, 1.165) is 24.8 Å². The average molecular weight is 232 g/mol. The van der Waals surface area contributed by atoms with E-state index in [1.807, 2.05) is 6.07 Å². The van der Waals surface area contributed by atoms with Crippen LogP contribution in [-0.4, -0.2) is 42.1 Å². The van der Waals surface area contributed by atoms with Gasteiger partial charge in [-0.25, -0.2) is 4.98 Å². The van der Waals surface area contributed by atoms with Crippen molar-refractivity contribution < 1.29 is 0 Å². The van der Waals surface area contributed by atoms with E-state index in [1.54, 1.807) is 6.20 Å². The fourth-order valence-corrected chi connectivity index (χ4v) is 3.10.